The van der Waals surface area contributed by atoms with Crippen LogP contribution in [0, 0.1) is 17.2 Å². The zero-order valence-electron chi connectivity index (χ0n) is 18.7. The average Bonchev–Trinajstić information content (AvgIpc) is 3.48. The number of nitriles is 1. The Morgan fingerprint density at radius 1 is 1.32 bits per heavy atom. The number of ether oxygens (including phenoxy) is 1. The van der Waals surface area contributed by atoms with Gasteiger partial charge in [-0.15, -0.1) is 0 Å². The van der Waals surface area contributed by atoms with Gasteiger partial charge in [0.05, 0.1) is 17.7 Å². The molecular formula is C25H22N4O5. The molecule has 2 heterocycles. The van der Waals surface area contributed by atoms with E-state index in [1.54, 1.807) is 18.2 Å². The van der Waals surface area contributed by atoms with Crippen LogP contribution in [0.2, 0.25) is 0 Å². The Labute approximate surface area is 195 Å². The molecule has 0 radical (unpaired) electrons. The van der Waals surface area contributed by atoms with Gasteiger partial charge >= 0.3 is 5.97 Å². The molecule has 1 aliphatic carbocycles. The number of aliphatic carboxylic acids is 1. The van der Waals surface area contributed by atoms with E-state index >= 15 is 0 Å². The van der Waals surface area contributed by atoms with Crippen LogP contribution in [-0.2, 0) is 16.0 Å². The molecule has 2 atom stereocenters. The molecule has 2 aromatic carbocycles. The molecule has 0 saturated carbocycles. The van der Waals surface area contributed by atoms with Gasteiger partial charge in [0, 0.05) is 17.5 Å². The van der Waals surface area contributed by atoms with Crippen molar-refractivity contribution >= 4 is 11.9 Å². The van der Waals surface area contributed by atoms with E-state index in [1.165, 1.54) is 4.90 Å². The molecule has 1 saturated heterocycles. The first-order valence-electron chi connectivity index (χ1n) is 11.0. The standard InChI is InChI=1S/C25H22N4O5/c1-13(2)33-20-7-6-14(8-16(20)11-26)25-27-24(28-34-25)18-5-3-4-17-19(18)9-15-10-21(30)29(23(15)17)12-22(31)32/h3-8,13,15,23H,9-10,12H2,1-2H3,(H,31,32)/t15-,23+/m0/s1. The smallest absolute Gasteiger partial charge is 0.323 e. The largest absolute Gasteiger partial charge is 0.490 e. The van der Waals surface area contributed by atoms with Gasteiger partial charge < -0.3 is 19.3 Å². The number of hydrogen-bond acceptors (Lipinski definition) is 7. The highest BCUT2D eigenvalue weighted by atomic mass is 16.5. The minimum Gasteiger partial charge on any atom is -0.490 e. The van der Waals surface area contributed by atoms with Crippen molar-refractivity contribution in [3.63, 3.8) is 0 Å². The van der Waals surface area contributed by atoms with Crippen molar-refractivity contribution in [1.82, 2.24) is 15.0 Å². The number of benzene rings is 2. The fraction of sp³-hybridized carbons (Fsp3) is 0.320. The maximum absolute atomic E-state index is 12.4. The Morgan fingerprint density at radius 2 is 2.15 bits per heavy atom. The summed E-state index contributed by atoms with van der Waals surface area (Å²) in [6, 6.07) is 12.7. The topological polar surface area (TPSA) is 130 Å². The van der Waals surface area contributed by atoms with Gasteiger partial charge in [-0.3, -0.25) is 9.59 Å². The number of carboxylic acid groups (broad SMARTS) is 1. The fourth-order valence-electron chi connectivity index (χ4n) is 4.94. The van der Waals surface area contributed by atoms with Crippen LogP contribution in [0.25, 0.3) is 22.8 Å². The van der Waals surface area contributed by atoms with Gasteiger partial charge in [-0.05, 0) is 55.5 Å². The second-order valence-corrected chi connectivity index (χ2v) is 8.81. The number of carbonyl (C=O) groups is 2. The van der Waals surface area contributed by atoms with E-state index in [1.807, 2.05) is 32.0 Å². The van der Waals surface area contributed by atoms with E-state index < -0.39 is 5.97 Å². The molecule has 1 amide bonds. The molecule has 0 unspecified atom stereocenters. The van der Waals surface area contributed by atoms with Crippen molar-refractivity contribution in [1.29, 1.82) is 5.26 Å². The normalized spacial score (nSPS) is 18.6. The highest BCUT2D eigenvalue weighted by Crippen LogP contribution is 2.49. The number of hydrogen-bond donors (Lipinski definition) is 1. The molecule has 1 N–H and O–H groups in total. The third kappa shape index (κ3) is 3.67. The number of carbonyl (C=O) groups excluding carboxylic acids is 1. The van der Waals surface area contributed by atoms with Crippen LogP contribution in [-0.4, -0.2) is 44.7 Å². The Hall–Kier alpha value is -4.19. The number of likely N-dealkylation sites (tertiary alicyclic amines) is 1. The lowest BCUT2D eigenvalue weighted by molar-refractivity contribution is -0.143. The van der Waals surface area contributed by atoms with Crippen molar-refractivity contribution in [2.75, 3.05) is 6.54 Å². The second kappa shape index (κ2) is 8.30. The van der Waals surface area contributed by atoms with Crippen LogP contribution in [0.15, 0.2) is 40.9 Å². The van der Waals surface area contributed by atoms with E-state index in [4.69, 9.17) is 9.26 Å². The Balaban J connectivity index is 1.48. The van der Waals surface area contributed by atoms with Gasteiger partial charge in [-0.1, -0.05) is 23.4 Å². The lowest BCUT2D eigenvalue weighted by Gasteiger charge is -2.23. The molecular weight excluding hydrogens is 436 g/mol. The summed E-state index contributed by atoms with van der Waals surface area (Å²) < 4.78 is 11.2. The summed E-state index contributed by atoms with van der Waals surface area (Å²) >= 11 is 0. The highest BCUT2D eigenvalue weighted by molar-refractivity contribution is 5.85. The lowest BCUT2D eigenvalue weighted by Crippen LogP contribution is -2.33. The summed E-state index contributed by atoms with van der Waals surface area (Å²) in [5, 5.41) is 22.9. The third-order valence-electron chi connectivity index (χ3n) is 6.22. The van der Waals surface area contributed by atoms with Crippen molar-refractivity contribution in [2.45, 2.75) is 38.8 Å². The van der Waals surface area contributed by atoms with E-state index in [2.05, 4.69) is 16.2 Å². The summed E-state index contributed by atoms with van der Waals surface area (Å²) in [7, 11) is 0. The summed E-state index contributed by atoms with van der Waals surface area (Å²) in [5.74, 6) is 0.0522. The van der Waals surface area contributed by atoms with Gasteiger partial charge in [-0.25, -0.2) is 0 Å². The minimum absolute atomic E-state index is 0.0288. The van der Waals surface area contributed by atoms with Crippen LogP contribution in [0.3, 0.4) is 0 Å². The van der Waals surface area contributed by atoms with E-state index in [0.717, 1.165) is 16.7 Å². The number of fused-ring (bicyclic) bond motifs is 3. The molecule has 2 aliphatic rings. The summed E-state index contributed by atoms with van der Waals surface area (Å²) in [5.41, 5.74) is 3.72. The monoisotopic (exact) mass is 458 g/mol. The van der Waals surface area contributed by atoms with E-state index in [-0.39, 0.29) is 36.4 Å². The second-order valence-electron chi connectivity index (χ2n) is 8.81. The van der Waals surface area contributed by atoms with E-state index in [0.29, 0.717) is 35.5 Å². The molecule has 3 aromatic rings. The quantitative estimate of drug-likeness (QED) is 0.593. The number of nitrogens with zero attached hydrogens (tertiary/aromatic N) is 4. The Bertz CT molecular complexity index is 1340. The molecule has 34 heavy (non-hydrogen) atoms. The predicted octanol–water partition coefficient (Wildman–Crippen LogP) is 3.59. The van der Waals surface area contributed by atoms with Crippen molar-refractivity contribution < 1.29 is 24.0 Å². The number of rotatable bonds is 6. The van der Waals surface area contributed by atoms with Crippen molar-refractivity contribution in [3.05, 3.63) is 53.1 Å². The predicted molar refractivity (Wildman–Crippen MR) is 120 cm³/mol. The zero-order valence-corrected chi connectivity index (χ0v) is 18.7. The van der Waals surface area contributed by atoms with Crippen LogP contribution in [0.1, 0.15) is 43.0 Å². The highest BCUT2D eigenvalue weighted by Gasteiger charge is 2.47. The first-order valence-corrected chi connectivity index (χ1v) is 11.0. The first-order chi connectivity index (χ1) is 16.4. The molecule has 9 heteroatoms. The molecule has 5 rings (SSSR count). The van der Waals surface area contributed by atoms with Crippen LogP contribution < -0.4 is 4.74 Å². The SMILES string of the molecule is CC(C)Oc1ccc(-c2nc(-c3cccc4c3C[C@H]3CC(=O)N(CC(=O)O)[C@@H]43)no2)cc1C#N. The van der Waals surface area contributed by atoms with Gasteiger partial charge in [0.25, 0.3) is 5.89 Å². The van der Waals surface area contributed by atoms with E-state index in [9.17, 15) is 20.0 Å². The summed E-state index contributed by atoms with van der Waals surface area (Å²) in [6.45, 7) is 3.47. The van der Waals surface area contributed by atoms with Gasteiger partial charge in [0.1, 0.15) is 18.4 Å². The zero-order chi connectivity index (χ0) is 24.0. The number of carboxylic acids is 1. The van der Waals surface area contributed by atoms with Gasteiger partial charge in [-0.2, -0.15) is 10.2 Å². The van der Waals surface area contributed by atoms with Gasteiger partial charge in [0.15, 0.2) is 0 Å². The molecule has 172 valence electrons. The maximum Gasteiger partial charge on any atom is 0.323 e. The average molecular weight is 458 g/mol. The van der Waals surface area contributed by atoms with Crippen molar-refractivity contribution in [2.24, 2.45) is 5.92 Å². The molecule has 0 bridgehead atoms. The van der Waals surface area contributed by atoms with Crippen LogP contribution >= 0.6 is 0 Å². The fourth-order valence-corrected chi connectivity index (χ4v) is 4.94. The Kier molecular flexibility index (Phi) is 5.28. The minimum atomic E-state index is -1.03. The Morgan fingerprint density at radius 3 is 2.88 bits per heavy atom. The molecule has 0 spiro atoms. The first kappa shape index (κ1) is 21.6. The van der Waals surface area contributed by atoms with Crippen LogP contribution in [0.5, 0.6) is 5.75 Å². The molecule has 9 nitrogen and oxygen atoms in total. The number of amides is 1. The van der Waals surface area contributed by atoms with Crippen molar-refractivity contribution in [3.8, 4) is 34.7 Å². The van der Waals surface area contributed by atoms with Crippen LogP contribution in [0.4, 0.5) is 0 Å². The summed E-state index contributed by atoms with van der Waals surface area (Å²) in [4.78, 5) is 29.7. The summed E-state index contributed by atoms with van der Waals surface area (Å²) in [6.07, 6.45) is 0.905. The molecule has 1 fully saturated rings. The maximum atomic E-state index is 12.4. The number of aromatic nitrogens is 2. The molecule has 1 aromatic heterocycles. The molecule has 1 aliphatic heterocycles. The third-order valence-corrected chi connectivity index (χ3v) is 6.22. The van der Waals surface area contributed by atoms with Gasteiger partial charge in [0.2, 0.25) is 11.7 Å². The lowest BCUT2D eigenvalue weighted by atomic mass is 10.0.